The van der Waals surface area contributed by atoms with Gasteiger partial charge in [-0.1, -0.05) is 22.9 Å². The molecule has 0 aliphatic carbocycles. The maximum absolute atomic E-state index is 13.6. The average molecular weight is 323 g/mol. The molecular formula is C15H16BrFN2. The van der Waals surface area contributed by atoms with Gasteiger partial charge in [-0.25, -0.2) is 4.39 Å². The lowest BCUT2D eigenvalue weighted by molar-refractivity contribution is 0.600. The van der Waals surface area contributed by atoms with Gasteiger partial charge in [0.15, 0.2) is 0 Å². The molecule has 100 valence electrons. The quantitative estimate of drug-likeness (QED) is 0.920. The molecule has 1 aromatic heterocycles. The number of hydrogen-bond donors (Lipinski definition) is 1. The lowest BCUT2D eigenvalue weighted by Gasteiger charge is -2.20. The van der Waals surface area contributed by atoms with E-state index >= 15 is 0 Å². The van der Waals surface area contributed by atoms with Crippen LogP contribution in [0.5, 0.6) is 0 Å². The van der Waals surface area contributed by atoms with Crippen molar-refractivity contribution in [2.24, 2.45) is 0 Å². The summed E-state index contributed by atoms with van der Waals surface area (Å²) in [5.74, 6) is -0.242. The second kappa shape index (κ2) is 6.26. The minimum Gasteiger partial charge on any atom is -0.306 e. The van der Waals surface area contributed by atoms with Crippen molar-refractivity contribution in [3.8, 4) is 0 Å². The standard InChI is InChI=1S/C15H16BrFN2/c1-3-19-15(14-9-18-5-4-10(14)2)11-6-12(16)8-13(17)7-11/h4-9,15,19H,3H2,1-2H3. The minimum atomic E-state index is -0.242. The predicted molar refractivity (Wildman–Crippen MR) is 78.6 cm³/mol. The van der Waals surface area contributed by atoms with E-state index in [4.69, 9.17) is 0 Å². The Labute approximate surface area is 121 Å². The molecule has 19 heavy (non-hydrogen) atoms. The van der Waals surface area contributed by atoms with E-state index in [-0.39, 0.29) is 11.9 Å². The molecule has 2 nitrogen and oxygen atoms in total. The number of aromatic nitrogens is 1. The Morgan fingerprint density at radius 2 is 2.16 bits per heavy atom. The summed E-state index contributed by atoms with van der Waals surface area (Å²) in [6.45, 7) is 4.87. The molecule has 0 aliphatic rings. The smallest absolute Gasteiger partial charge is 0.124 e. The first kappa shape index (κ1) is 14.2. The molecule has 0 aliphatic heterocycles. The van der Waals surface area contributed by atoms with Crippen molar-refractivity contribution in [2.45, 2.75) is 19.9 Å². The molecule has 2 aromatic rings. The van der Waals surface area contributed by atoms with Gasteiger partial charge in [0.25, 0.3) is 0 Å². The number of nitrogens with one attached hydrogen (secondary N) is 1. The minimum absolute atomic E-state index is 0.0503. The van der Waals surface area contributed by atoms with E-state index in [1.54, 1.807) is 12.3 Å². The maximum Gasteiger partial charge on any atom is 0.124 e. The van der Waals surface area contributed by atoms with Gasteiger partial charge in [0.05, 0.1) is 6.04 Å². The fraction of sp³-hybridized carbons (Fsp3) is 0.267. The van der Waals surface area contributed by atoms with Gasteiger partial charge in [0.2, 0.25) is 0 Å². The second-order valence-corrected chi connectivity index (χ2v) is 5.34. The van der Waals surface area contributed by atoms with Crippen LogP contribution in [-0.4, -0.2) is 11.5 Å². The molecule has 0 bridgehead atoms. The summed E-state index contributed by atoms with van der Waals surface area (Å²) in [5.41, 5.74) is 3.10. The van der Waals surface area contributed by atoms with Crippen LogP contribution in [0.25, 0.3) is 0 Å². The molecule has 1 aromatic carbocycles. The zero-order chi connectivity index (χ0) is 13.8. The van der Waals surface area contributed by atoms with Crippen LogP contribution < -0.4 is 5.32 Å². The molecule has 1 heterocycles. The molecular weight excluding hydrogens is 307 g/mol. The summed E-state index contributed by atoms with van der Waals surface area (Å²) in [4.78, 5) is 4.17. The molecule has 4 heteroatoms. The first-order chi connectivity index (χ1) is 9.11. The Kier molecular flexibility index (Phi) is 4.66. The van der Waals surface area contributed by atoms with E-state index in [0.717, 1.165) is 27.7 Å². The number of halogens is 2. The molecule has 0 saturated heterocycles. The normalized spacial score (nSPS) is 12.4. The lowest BCUT2D eigenvalue weighted by Crippen LogP contribution is -2.23. The summed E-state index contributed by atoms with van der Waals surface area (Å²) in [6, 6.07) is 6.87. The van der Waals surface area contributed by atoms with Crippen LogP contribution in [0, 0.1) is 12.7 Å². The highest BCUT2D eigenvalue weighted by Gasteiger charge is 2.16. The third-order valence-electron chi connectivity index (χ3n) is 3.02. The van der Waals surface area contributed by atoms with Gasteiger partial charge in [-0.15, -0.1) is 0 Å². The third-order valence-corrected chi connectivity index (χ3v) is 3.47. The van der Waals surface area contributed by atoms with Crippen LogP contribution in [0.3, 0.4) is 0 Å². The van der Waals surface area contributed by atoms with Gasteiger partial charge < -0.3 is 5.32 Å². The van der Waals surface area contributed by atoms with Crippen LogP contribution in [0.15, 0.2) is 41.1 Å². The van der Waals surface area contributed by atoms with E-state index in [1.807, 2.05) is 32.2 Å². The zero-order valence-electron chi connectivity index (χ0n) is 11.0. The fourth-order valence-electron chi connectivity index (χ4n) is 2.13. The summed E-state index contributed by atoms with van der Waals surface area (Å²) in [7, 11) is 0. The third kappa shape index (κ3) is 3.39. The van der Waals surface area contributed by atoms with Crippen LogP contribution in [0.1, 0.15) is 29.7 Å². The van der Waals surface area contributed by atoms with E-state index < -0.39 is 0 Å². The fourth-order valence-corrected chi connectivity index (χ4v) is 2.61. The topological polar surface area (TPSA) is 24.9 Å². The Bertz CT molecular complexity index is 552. The van der Waals surface area contributed by atoms with Gasteiger partial charge in [0.1, 0.15) is 5.82 Å². The highest BCUT2D eigenvalue weighted by atomic mass is 79.9. The first-order valence-electron chi connectivity index (χ1n) is 6.21. The number of benzene rings is 1. The van der Waals surface area contributed by atoms with Crippen LogP contribution in [-0.2, 0) is 0 Å². The summed E-state index contributed by atoms with van der Waals surface area (Å²) in [6.07, 6.45) is 3.60. The van der Waals surface area contributed by atoms with Gasteiger partial charge in [0, 0.05) is 16.9 Å². The van der Waals surface area contributed by atoms with E-state index in [2.05, 4.69) is 26.2 Å². The maximum atomic E-state index is 13.6. The summed E-state index contributed by atoms with van der Waals surface area (Å²) >= 11 is 3.34. The predicted octanol–water partition coefficient (Wildman–Crippen LogP) is 3.99. The molecule has 0 amide bonds. The molecule has 0 radical (unpaired) electrons. The lowest BCUT2D eigenvalue weighted by atomic mass is 9.96. The highest BCUT2D eigenvalue weighted by Crippen LogP contribution is 2.27. The van der Waals surface area contributed by atoms with E-state index in [0.29, 0.717) is 0 Å². The van der Waals surface area contributed by atoms with Gasteiger partial charge in [-0.05, 0) is 54.4 Å². The number of rotatable bonds is 4. The molecule has 0 fully saturated rings. The monoisotopic (exact) mass is 322 g/mol. The van der Waals surface area contributed by atoms with Gasteiger partial charge in [-0.2, -0.15) is 0 Å². The Morgan fingerprint density at radius 1 is 1.37 bits per heavy atom. The number of hydrogen-bond acceptors (Lipinski definition) is 2. The molecule has 1 unspecified atom stereocenters. The summed E-state index contributed by atoms with van der Waals surface area (Å²) < 4.78 is 14.3. The van der Waals surface area contributed by atoms with Crippen molar-refractivity contribution in [1.82, 2.24) is 10.3 Å². The second-order valence-electron chi connectivity index (χ2n) is 4.43. The molecule has 0 saturated carbocycles. The SMILES string of the molecule is CCNC(c1cc(F)cc(Br)c1)c1cnccc1C. The Hall–Kier alpha value is -1.26. The molecule has 0 spiro atoms. The van der Waals surface area contributed by atoms with Crippen LogP contribution in [0.4, 0.5) is 4.39 Å². The van der Waals surface area contributed by atoms with Crippen molar-refractivity contribution < 1.29 is 4.39 Å². The molecule has 2 rings (SSSR count). The zero-order valence-corrected chi connectivity index (χ0v) is 12.5. The van der Waals surface area contributed by atoms with Crippen molar-refractivity contribution >= 4 is 15.9 Å². The average Bonchev–Trinajstić information content (AvgIpc) is 2.36. The summed E-state index contributed by atoms with van der Waals surface area (Å²) in [5, 5.41) is 3.38. The number of nitrogens with zero attached hydrogens (tertiary/aromatic N) is 1. The number of aryl methyl sites for hydroxylation is 1. The first-order valence-corrected chi connectivity index (χ1v) is 7.01. The Balaban J connectivity index is 2.48. The molecule has 1 N–H and O–H groups in total. The van der Waals surface area contributed by atoms with Crippen molar-refractivity contribution in [3.63, 3.8) is 0 Å². The van der Waals surface area contributed by atoms with Gasteiger partial charge >= 0.3 is 0 Å². The van der Waals surface area contributed by atoms with Crippen LogP contribution in [0.2, 0.25) is 0 Å². The van der Waals surface area contributed by atoms with Crippen molar-refractivity contribution in [1.29, 1.82) is 0 Å². The van der Waals surface area contributed by atoms with E-state index in [9.17, 15) is 4.39 Å². The van der Waals surface area contributed by atoms with Crippen LogP contribution >= 0.6 is 15.9 Å². The highest BCUT2D eigenvalue weighted by molar-refractivity contribution is 9.10. The van der Waals surface area contributed by atoms with Crippen molar-refractivity contribution in [2.75, 3.05) is 6.54 Å². The largest absolute Gasteiger partial charge is 0.306 e. The Morgan fingerprint density at radius 3 is 2.79 bits per heavy atom. The van der Waals surface area contributed by atoms with Gasteiger partial charge in [-0.3, -0.25) is 4.98 Å². The number of pyridine rings is 1. The van der Waals surface area contributed by atoms with Crippen molar-refractivity contribution in [3.05, 3.63) is 63.6 Å². The van der Waals surface area contributed by atoms with E-state index in [1.165, 1.54) is 6.07 Å². The molecule has 1 atom stereocenters.